The summed E-state index contributed by atoms with van der Waals surface area (Å²) in [5.74, 6) is 1.28. The van der Waals surface area contributed by atoms with Crippen LogP contribution < -0.4 is 9.47 Å². The Hall–Kier alpha value is -1.53. The molecule has 0 aromatic heterocycles. The predicted molar refractivity (Wildman–Crippen MR) is 94.3 cm³/mol. The van der Waals surface area contributed by atoms with Crippen molar-refractivity contribution in [1.82, 2.24) is 4.90 Å². The van der Waals surface area contributed by atoms with Crippen molar-refractivity contribution in [3.8, 4) is 11.5 Å². The number of hydrogen-bond donors (Lipinski definition) is 0. The number of thioether (sulfide) groups is 1. The second kappa shape index (κ2) is 7.15. The van der Waals surface area contributed by atoms with E-state index in [1.54, 1.807) is 14.2 Å². The van der Waals surface area contributed by atoms with Gasteiger partial charge >= 0.3 is 0 Å². The number of ether oxygens (including phenoxy) is 2. The minimum atomic E-state index is -0.0751. The van der Waals surface area contributed by atoms with E-state index in [2.05, 4.69) is 6.92 Å². The van der Waals surface area contributed by atoms with Gasteiger partial charge in [0.2, 0.25) is 0 Å². The molecule has 1 aliphatic rings. The van der Waals surface area contributed by atoms with E-state index in [4.69, 9.17) is 21.7 Å². The standard InChI is InChI=1S/C16H19NO3S2/c1-5-10(2)20-12-7-6-11(8-13(12)19-4)9-14-15(18)17(3)16(21)22-14/h6-10H,5H2,1-4H3/b14-9+/t10-/m0/s1. The monoisotopic (exact) mass is 337 g/mol. The largest absolute Gasteiger partial charge is 0.493 e. The number of likely N-dealkylation sites (N-methyl/N-ethyl adjacent to an activating group) is 1. The molecular weight excluding hydrogens is 318 g/mol. The van der Waals surface area contributed by atoms with E-state index in [1.165, 1.54) is 16.7 Å². The first-order valence-corrected chi connectivity index (χ1v) is 8.25. The number of rotatable bonds is 5. The Balaban J connectivity index is 2.27. The molecule has 0 saturated carbocycles. The molecule has 0 bridgehead atoms. The third-order valence-corrected chi connectivity index (χ3v) is 4.86. The molecule has 1 atom stereocenters. The molecule has 0 radical (unpaired) electrons. The van der Waals surface area contributed by atoms with Gasteiger partial charge in [0, 0.05) is 7.05 Å². The molecule has 1 aromatic carbocycles. The Labute approximate surface area is 140 Å². The highest BCUT2D eigenvalue weighted by Gasteiger charge is 2.28. The lowest BCUT2D eigenvalue weighted by molar-refractivity contribution is -0.121. The van der Waals surface area contributed by atoms with Crippen molar-refractivity contribution >= 4 is 40.3 Å². The smallest absolute Gasteiger partial charge is 0.265 e. The molecule has 22 heavy (non-hydrogen) atoms. The number of nitrogens with zero attached hydrogens (tertiary/aromatic N) is 1. The molecule has 1 aliphatic heterocycles. The molecule has 1 heterocycles. The molecule has 1 fully saturated rings. The molecule has 0 unspecified atom stereocenters. The predicted octanol–water partition coefficient (Wildman–Crippen LogP) is 3.70. The summed E-state index contributed by atoms with van der Waals surface area (Å²) in [7, 11) is 3.29. The van der Waals surface area contributed by atoms with E-state index in [1.807, 2.05) is 31.2 Å². The van der Waals surface area contributed by atoms with Crippen LogP contribution in [0.15, 0.2) is 23.1 Å². The summed E-state index contributed by atoms with van der Waals surface area (Å²) in [6, 6.07) is 5.63. The van der Waals surface area contributed by atoms with Crippen molar-refractivity contribution in [2.45, 2.75) is 26.4 Å². The Kier molecular flexibility index (Phi) is 5.47. The third-order valence-electron chi connectivity index (χ3n) is 3.38. The SMILES string of the molecule is CC[C@H](C)Oc1ccc(/C=C2/SC(=S)N(C)C2=O)cc1OC. The van der Waals surface area contributed by atoms with Crippen LogP contribution in [0.25, 0.3) is 6.08 Å². The fraction of sp³-hybridized carbons (Fsp3) is 0.375. The fourth-order valence-corrected chi connectivity index (χ4v) is 3.05. The lowest BCUT2D eigenvalue weighted by Crippen LogP contribution is -2.22. The highest BCUT2D eigenvalue weighted by atomic mass is 32.2. The van der Waals surface area contributed by atoms with Crippen LogP contribution >= 0.6 is 24.0 Å². The van der Waals surface area contributed by atoms with Gasteiger partial charge in [-0.1, -0.05) is 37.0 Å². The normalized spacial score (nSPS) is 18.0. The summed E-state index contributed by atoms with van der Waals surface area (Å²) >= 11 is 6.43. The van der Waals surface area contributed by atoms with Crippen LogP contribution in [0.1, 0.15) is 25.8 Å². The number of methoxy groups -OCH3 is 1. The first kappa shape index (κ1) is 16.8. The summed E-state index contributed by atoms with van der Waals surface area (Å²) in [6.07, 6.45) is 2.86. The minimum Gasteiger partial charge on any atom is -0.493 e. The first-order chi connectivity index (χ1) is 10.5. The first-order valence-electron chi connectivity index (χ1n) is 7.02. The van der Waals surface area contributed by atoms with Crippen molar-refractivity contribution in [2.24, 2.45) is 0 Å². The van der Waals surface area contributed by atoms with Crippen LogP contribution in [-0.2, 0) is 4.79 Å². The Bertz CT molecular complexity index is 628. The van der Waals surface area contributed by atoms with Crippen LogP contribution in [0.5, 0.6) is 11.5 Å². The van der Waals surface area contributed by atoms with Crippen LogP contribution in [0.2, 0.25) is 0 Å². The fourth-order valence-electron chi connectivity index (χ4n) is 1.87. The molecule has 1 saturated heterocycles. The van der Waals surface area contributed by atoms with E-state index in [-0.39, 0.29) is 12.0 Å². The summed E-state index contributed by atoms with van der Waals surface area (Å²) in [4.78, 5) is 14.1. The Morgan fingerprint density at radius 3 is 2.68 bits per heavy atom. The second-order valence-electron chi connectivity index (χ2n) is 4.99. The maximum Gasteiger partial charge on any atom is 0.265 e. The molecule has 1 amide bonds. The van der Waals surface area contributed by atoms with Crippen molar-refractivity contribution in [1.29, 1.82) is 0 Å². The van der Waals surface area contributed by atoms with Gasteiger partial charge in [0.05, 0.1) is 18.1 Å². The lowest BCUT2D eigenvalue weighted by Gasteiger charge is -2.15. The number of benzene rings is 1. The zero-order chi connectivity index (χ0) is 16.3. The quantitative estimate of drug-likeness (QED) is 0.605. The zero-order valence-electron chi connectivity index (χ0n) is 13.1. The van der Waals surface area contributed by atoms with Crippen molar-refractivity contribution in [3.05, 3.63) is 28.7 Å². The van der Waals surface area contributed by atoms with Gasteiger partial charge in [0.1, 0.15) is 4.32 Å². The molecule has 1 aromatic rings. The maximum atomic E-state index is 12.0. The van der Waals surface area contributed by atoms with Gasteiger partial charge in [-0.15, -0.1) is 0 Å². The van der Waals surface area contributed by atoms with E-state index in [0.717, 1.165) is 12.0 Å². The van der Waals surface area contributed by atoms with Gasteiger partial charge in [0.25, 0.3) is 5.91 Å². The number of hydrogen-bond acceptors (Lipinski definition) is 5. The summed E-state index contributed by atoms with van der Waals surface area (Å²) in [5.41, 5.74) is 0.877. The third kappa shape index (κ3) is 3.62. The van der Waals surface area contributed by atoms with Crippen LogP contribution in [0, 0.1) is 0 Å². The number of amides is 1. The molecule has 0 spiro atoms. The van der Waals surface area contributed by atoms with Crippen LogP contribution in [0.4, 0.5) is 0 Å². The number of carbonyl (C=O) groups is 1. The van der Waals surface area contributed by atoms with E-state index >= 15 is 0 Å². The highest BCUT2D eigenvalue weighted by Crippen LogP contribution is 2.34. The van der Waals surface area contributed by atoms with Crippen molar-refractivity contribution in [2.75, 3.05) is 14.2 Å². The van der Waals surface area contributed by atoms with Crippen molar-refractivity contribution < 1.29 is 14.3 Å². The topological polar surface area (TPSA) is 38.8 Å². The van der Waals surface area contributed by atoms with Gasteiger partial charge in [0.15, 0.2) is 11.5 Å². The van der Waals surface area contributed by atoms with Gasteiger partial charge in [-0.3, -0.25) is 9.69 Å². The van der Waals surface area contributed by atoms with Gasteiger partial charge in [-0.25, -0.2) is 0 Å². The molecule has 2 rings (SSSR count). The summed E-state index contributed by atoms with van der Waals surface area (Å²) in [5, 5.41) is 0. The maximum absolute atomic E-state index is 12.0. The Morgan fingerprint density at radius 1 is 1.41 bits per heavy atom. The molecule has 118 valence electrons. The van der Waals surface area contributed by atoms with E-state index < -0.39 is 0 Å². The van der Waals surface area contributed by atoms with Gasteiger partial charge < -0.3 is 9.47 Å². The molecule has 0 aliphatic carbocycles. The van der Waals surface area contributed by atoms with Gasteiger partial charge in [-0.2, -0.15) is 0 Å². The molecule has 4 nitrogen and oxygen atoms in total. The number of carbonyl (C=O) groups excluding carboxylic acids is 1. The molecular formula is C16H19NO3S2. The minimum absolute atomic E-state index is 0.0751. The van der Waals surface area contributed by atoms with Crippen LogP contribution in [0.3, 0.4) is 0 Å². The summed E-state index contributed by atoms with van der Waals surface area (Å²) in [6.45, 7) is 4.08. The van der Waals surface area contributed by atoms with Crippen LogP contribution in [-0.4, -0.2) is 35.4 Å². The molecule has 6 heteroatoms. The Morgan fingerprint density at radius 2 is 2.14 bits per heavy atom. The zero-order valence-corrected chi connectivity index (χ0v) is 14.7. The average Bonchev–Trinajstić information content (AvgIpc) is 2.75. The molecule has 0 N–H and O–H groups in total. The van der Waals surface area contributed by atoms with E-state index in [0.29, 0.717) is 20.7 Å². The highest BCUT2D eigenvalue weighted by molar-refractivity contribution is 8.26. The summed E-state index contributed by atoms with van der Waals surface area (Å²) < 4.78 is 11.8. The van der Waals surface area contributed by atoms with E-state index in [9.17, 15) is 4.79 Å². The van der Waals surface area contributed by atoms with Gasteiger partial charge in [-0.05, 0) is 37.1 Å². The second-order valence-corrected chi connectivity index (χ2v) is 6.66. The number of thiocarbonyl (C=S) groups is 1. The van der Waals surface area contributed by atoms with Crippen molar-refractivity contribution in [3.63, 3.8) is 0 Å². The lowest BCUT2D eigenvalue weighted by atomic mass is 10.1. The average molecular weight is 337 g/mol.